The Balaban J connectivity index is 5.21. The van der Waals surface area contributed by atoms with Crippen molar-refractivity contribution in [2.75, 3.05) is 39.6 Å². The van der Waals surface area contributed by atoms with Gasteiger partial charge in [0, 0.05) is 25.7 Å². The summed E-state index contributed by atoms with van der Waals surface area (Å²) in [7, 11) is -9.90. The Labute approximate surface area is 556 Å². The predicted octanol–water partition coefficient (Wildman–Crippen LogP) is 20.5. The zero-order valence-corrected chi connectivity index (χ0v) is 61.3. The highest BCUT2D eigenvalue weighted by Crippen LogP contribution is 2.45. The number of hydrogen-bond acceptors (Lipinski definition) is 15. The molecule has 0 rings (SSSR count). The van der Waals surface area contributed by atoms with Gasteiger partial charge in [0.15, 0.2) is 12.2 Å². The molecule has 0 bridgehead atoms. The first-order valence-electron chi connectivity index (χ1n) is 37.2. The fourth-order valence-corrected chi connectivity index (χ4v) is 12.4. The van der Waals surface area contributed by atoms with Gasteiger partial charge in [0.1, 0.15) is 19.3 Å². The number of aliphatic hydroxyl groups excluding tert-OH is 1. The van der Waals surface area contributed by atoms with Crippen molar-refractivity contribution in [3.63, 3.8) is 0 Å². The summed E-state index contributed by atoms with van der Waals surface area (Å²) in [6.45, 7) is 14.1. The van der Waals surface area contributed by atoms with E-state index in [4.69, 9.17) is 37.0 Å². The number of carbonyl (C=O) groups is 4. The van der Waals surface area contributed by atoms with Gasteiger partial charge in [-0.1, -0.05) is 306 Å². The molecular weight excluding hydrogens is 1200 g/mol. The molecule has 0 fully saturated rings. The average molecular weight is 1340 g/mol. The second kappa shape index (κ2) is 61.6. The Hall–Kier alpha value is -1.94. The molecule has 19 heteroatoms. The summed E-state index contributed by atoms with van der Waals surface area (Å²) in [5, 5.41) is 10.6. The molecule has 5 atom stereocenters. The minimum absolute atomic E-state index is 0.105. The van der Waals surface area contributed by atoms with Crippen molar-refractivity contribution in [3.05, 3.63) is 0 Å². The van der Waals surface area contributed by atoms with E-state index in [-0.39, 0.29) is 25.7 Å². The van der Waals surface area contributed by atoms with Crippen LogP contribution in [-0.4, -0.2) is 96.7 Å². The molecule has 3 N–H and O–H groups in total. The Morgan fingerprint density at radius 3 is 0.681 bits per heavy atom. The summed E-state index contributed by atoms with van der Waals surface area (Å²) in [4.78, 5) is 72.6. The minimum atomic E-state index is -4.95. The lowest BCUT2D eigenvalue weighted by Gasteiger charge is -2.21. The maximum Gasteiger partial charge on any atom is 0.472 e. The van der Waals surface area contributed by atoms with Gasteiger partial charge in [0.05, 0.1) is 26.4 Å². The largest absolute Gasteiger partial charge is 0.472 e. The molecule has 0 amide bonds. The average Bonchev–Trinajstić information content (AvgIpc) is 2.74. The normalized spacial score (nSPS) is 14.2. The molecule has 0 heterocycles. The van der Waals surface area contributed by atoms with Crippen LogP contribution < -0.4 is 0 Å². The number of phosphoric acid groups is 2. The molecule has 3 unspecified atom stereocenters. The van der Waals surface area contributed by atoms with Crippen molar-refractivity contribution in [1.82, 2.24) is 0 Å². The molecule has 0 saturated heterocycles. The van der Waals surface area contributed by atoms with Crippen LogP contribution in [0.1, 0.15) is 357 Å². The maximum absolute atomic E-state index is 13.0. The first-order chi connectivity index (χ1) is 43.6. The van der Waals surface area contributed by atoms with Gasteiger partial charge in [-0.3, -0.25) is 37.3 Å². The summed E-state index contributed by atoms with van der Waals surface area (Å²) < 4.78 is 68.3. The van der Waals surface area contributed by atoms with Crippen LogP contribution in [0.3, 0.4) is 0 Å². The van der Waals surface area contributed by atoms with E-state index in [1.165, 1.54) is 148 Å². The van der Waals surface area contributed by atoms with Gasteiger partial charge < -0.3 is 33.8 Å². The van der Waals surface area contributed by atoms with E-state index in [9.17, 15) is 43.2 Å². The first kappa shape index (κ1) is 89.1. The Bertz CT molecular complexity index is 1800. The van der Waals surface area contributed by atoms with Crippen LogP contribution >= 0.6 is 15.6 Å². The van der Waals surface area contributed by atoms with Crippen LogP contribution in [0.4, 0.5) is 0 Å². The zero-order chi connectivity index (χ0) is 67.5. The summed E-state index contributed by atoms with van der Waals surface area (Å²) in [6, 6.07) is 0. The smallest absolute Gasteiger partial charge is 0.462 e. The van der Waals surface area contributed by atoms with E-state index in [1.54, 1.807) is 0 Å². The van der Waals surface area contributed by atoms with Crippen molar-refractivity contribution in [1.29, 1.82) is 0 Å². The maximum atomic E-state index is 13.0. The van der Waals surface area contributed by atoms with Crippen LogP contribution in [-0.2, 0) is 65.4 Å². The first-order valence-corrected chi connectivity index (χ1v) is 40.2. The third-order valence-corrected chi connectivity index (χ3v) is 18.5. The molecule has 0 saturated carbocycles. The number of rotatable bonds is 69. The highest BCUT2D eigenvalue weighted by Gasteiger charge is 2.30. The van der Waals surface area contributed by atoms with E-state index < -0.39 is 97.5 Å². The number of hydrogen-bond donors (Lipinski definition) is 3. The van der Waals surface area contributed by atoms with Gasteiger partial charge in [-0.15, -0.1) is 0 Å². The van der Waals surface area contributed by atoms with Crippen LogP contribution in [0.5, 0.6) is 0 Å². The summed E-state index contributed by atoms with van der Waals surface area (Å²) >= 11 is 0. The van der Waals surface area contributed by atoms with Crippen LogP contribution in [0.2, 0.25) is 0 Å². The minimum Gasteiger partial charge on any atom is -0.462 e. The van der Waals surface area contributed by atoms with Crippen molar-refractivity contribution < 1.29 is 80.2 Å². The lowest BCUT2D eigenvalue weighted by atomic mass is 10.0. The predicted molar refractivity (Wildman–Crippen MR) is 367 cm³/mol. The lowest BCUT2D eigenvalue weighted by molar-refractivity contribution is -0.161. The quantitative estimate of drug-likeness (QED) is 0.0222. The Kier molecular flexibility index (Phi) is 60.3. The van der Waals surface area contributed by atoms with E-state index >= 15 is 0 Å². The highest BCUT2D eigenvalue weighted by molar-refractivity contribution is 7.47. The standard InChI is InChI=1S/C72H140O17P2/c1-62(2)48-40-32-24-19-15-11-9-10-12-17-21-27-38-46-54-72(77)89-68(59-83-70(75)53-45-37-31-30-35-43-51-65(7)8)61-87-91(80,81)85-57-66(73)56-84-90(78,79)86-60-67(58-82-69(74)52-44-36-29-23-26-34-42-50-64(5)6)88-71(76)55-47-39-28-22-18-14-13-16-20-25-33-41-49-63(3)4/h62-68,73H,9-61H2,1-8H3,(H,78,79)(H,80,81)/t66?,67-,68-/m1/s1. The van der Waals surface area contributed by atoms with Crippen LogP contribution in [0.15, 0.2) is 0 Å². The molecule has 0 aliphatic heterocycles. The second-order valence-electron chi connectivity index (χ2n) is 27.9. The number of unbranched alkanes of at least 4 members (excludes halogenated alkanes) is 35. The van der Waals surface area contributed by atoms with Crippen molar-refractivity contribution in [3.8, 4) is 0 Å². The van der Waals surface area contributed by atoms with E-state index in [2.05, 4.69) is 55.4 Å². The highest BCUT2D eigenvalue weighted by atomic mass is 31.2. The molecule has 0 aliphatic carbocycles. The molecule has 540 valence electrons. The van der Waals surface area contributed by atoms with E-state index in [1.807, 2.05) is 0 Å². The summed E-state index contributed by atoms with van der Waals surface area (Å²) in [5.41, 5.74) is 0. The Morgan fingerprint density at radius 2 is 0.462 bits per heavy atom. The third kappa shape index (κ3) is 66.5. The number of aliphatic hydroxyl groups is 1. The number of ether oxygens (including phenoxy) is 4. The monoisotopic (exact) mass is 1340 g/mol. The molecule has 0 aromatic carbocycles. The number of phosphoric ester groups is 2. The molecule has 0 aromatic rings. The fraction of sp³-hybridized carbons (Fsp3) is 0.944. The lowest BCUT2D eigenvalue weighted by Crippen LogP contribution is -2.30. The van der Waals surface area contributed by atoms with Crippen LogP contribution in [0.25, 0.3) is 0 Å². The number of esters is 4. The fourth-order valence-electron chi connectivity index (χ4n) is 10.8. The molecule has 0 radical (unpaired) electrons. The second-order valence-corrected chi connectivity index (χ2v) is 30.8. The zero-order valence-electron chi connectivity index (χ0n) is 59.5. The van der Waals surface area contributed by atoms with E-state index in [0.717, 1.165) is 115 Å². The summed E-state index contributed by atoms with van der Waals surface area (Å²) in [5.74, 6) is 0.827. The third-order valence-electron chi connectivity index (χ3n) is 16.6. The van der Waals surface area contributed by atoms with Crippen molar-refractivity contribution in [2.45, 2.75) is 375 Å². The van der Waals surface area contributed by atoms with Gasteiger partial charge in [-0.25, -0.2) is 9.13 Å². The molecule has 91 heavy (non-hydrogen) atoms. The van der Waals surface area contributed by atoms with Gasteiger partial charge in [0.25, 0.3) is 0 Å². The van der Waals surface area contributed by atoms with E-state index in [0.29, 0.717) is 37.5 Å². The molecular formula is C72H140O17P2. The molecule has 0 aromatic heterocycles. The van der Waals surface area contributed by atoms with Gasteiger partial charge in [0.2, 0.25) is 0 Å². The summed E-state index contributed by atoms with van der Waals surface area (Å²) in [6.07, 6.45) is 44.7. The SMILES string of the molecule is CC(C)CCCCCCCCCCCCCCCCC(=O)O[C@H](COC(=O)CCCCCCCCC(C)C)COP(=O)(O)OCC(O)COP(=O)(O)OC[C@@H](COC(=O)CCCCCCCCCC(C)C)OC(=O)CCCCCCCCCCCCCCC(C)C. The molecule has 0 aliphatic rings. The Morgan fingerprint density at radius 1 is 0.275 bits per heavy atom. The van der Waals surface area contributed by atoms with Crippen molar-refractivity contribution in [2.24, 2.45) is 23.7 Å². The molecule has 0 spiro atoms. The number of carbonyl (C=O) groups excluding carboxylic acids is 4. The van der Waals surface area contributed by atoms with Gasteiger partial charge in [-0.05, 0) is 49.4 Å². The van der Waals surface area contributed by atoms with Gasteiger partial charge in [-0.2, -0.15) is 0 Å². The molecule has 17 nitrogen and oxygen atoms in total. The topological polar surface area (TPSA) is 237 Å². The van der Waals surface area contributed by atoms with Crippen molar-refractivity contribution >= 4 is 39.5 Å². The van der Waals surface area contributed by atoms with Gasteiger partial charge >= 0.3 is 39.5 Å². The van der Waals surface area contributed by atoms with Crippen LogP contribution in [0, 0.1) is 23.7 Å².